The molecule has 0 spiro atoms. The number of ether oxygens (including phenoxy) is 4. The lowest BCUT2D eigenvalue weighted by atomic mass is 10.0. The van der Waals surface area contributed by atoms with Crippen LogP contribution in [0.4, 0.5) is 0 Å². The molecule has 388 valence electrons. The first-order valence-electron chi connectivity index (χ1n) is 25.3. The lowest BCUT2D eigenvalue weighted by Gasteiger charge is -2.20. The number of nitrogens with zero attached hydrogens (tertiary/aromatic N) is 4. The van der Waals surface area contributed by atoms with Crippen molar-refractivity contribution in [1.29, 1.82) is 0 Å². The number of rotatable bonds is 20. The number of hydrogen-bond acceptors (Lipinski definition) is 16. The average Bonchev–Trinajstić information content (AvgIpc) is 4.17. The summed E-state index contributed by atoms with van der Waals surface area (Å²) in [7, 11) is 0. The SMILES string of the molecule is CCCCCc1ccc(-c2cc3cn(C4CC(O)C(COC(=O)C(N)C(C)C)O4)c(=O)nc3o2)cc1.CCCCCc1ccc(-c2cc3cn(C4CC(OC(=O)C(N)C(C)C)C(CO)O4)c(=O)nc3o2)cc1. The Morgan fingerprint density at radius 3 is 1.61 bits per heavy atom. The number of benzene rings is 2. The molecule has 4 aromatic heterocycles. The van der Waals surface area contributed by atoms with Crippen LogP contribution in [0.15, 0.2) is 91.5 Å². The molecule has 6 N–H and O–H groups in total. The third kappa shape index (κ3) is 13.1. The van der Waals surface area contributed by atoms with E-state index >= 15 is 0 Å². The molecule has 6 aromatic rings. The fourth-order valence-electron chi connectivity index (χ4n) is 8.60. The molecule has 72 heavy (non-hydrogen) atoms. The highest BCUT2D eigenvalue weighted by molar-refractivity contribution is 5.80. The van der Waals surface area contributed by atoms with E-state index in [1.165, 1.54) is 58.8 Å². The first kappa shape index (κ1) is 53.8. The van der Waals surface area contributed by atoms with Gasteiger partial charge in [-0.2, -0.15) is 9.97 Å². The molecule has 8 atom stereocenters. The maximum absolute atomic E-state index is 12.8. The van der Waals surface area contributed by atoms with Crippen molar-refractivity contribution in [3.05, 3.63) is 105 Å². The fourth-order valence-corrected chi connectivity index (χ4v) is 8.60. The summed E-state index contributed by atoms with van der Waals surface area (Å²) in [5, 5.41) is 21.5. The third-order valence-corrected chi connectivity index (χ3v) is 13.3. The van der Waals surface area contributed by atoms with Gasteiger partial charge in [-0.1, -0.05) is 116 Å². The van der Waals surface area contributed by atoms with Gasteiger partial charge in [0.2, 0.25) is 11.4 Å². The summed E-state index contributed by atoms with van der Waals surface area (Å²) >= 11 is 0. The van der Waals surface area contributed by atoms with Crippen molar-refractivity contribution in [2.75, 3.05) is 13.2 Å². The highest BCUT2D eigenvalue weighted by Crippen LogP contribution is 2.34. The minimum absolute atomic E-state index is 0.0698. The lowest BCUT2D eigenvalue weighted by Crippen LogP contribution is -2.41. The summed E-state index contributed by atoms with van der Waals surface area (Å²) in [5.74, 6) is -0.0401. The predicted octanol–water partition coefficient (Wildman–Crippen LogP) is 7.13. The lowest BCUT2D eigenvalue weighted by molar-refractivity contribution is -0.156. The van der Waals surface area contributed by atoms with Gasteiger partial charge in [-0.3, -0.25) is 18.7 Å². The van der Waals surface area contributed by atoms with Crippen LogP contribution in [0.3, 0.4) is 0 Å². The summed E-state index contributed by atoms with van der Waals surface area (Å²) < 4.78 is 36.8. The highest BCUT2D eigenvalue weighted by atomic mass is 16.6. The number of carbonyl (C=O) groups is 2. The standard InChI is InChI=1S/2C27H35N3O6/c1-4-5-6-7-17-8-10-18(11-9-17)21-12-19-14-30(27(33)29-25(19)36-21)23-13-20(31)22(35-23)15-34-26(32)24(28)16(2)3;1-4-5-6-7-17-8-10-18(11-9-17)20-12-19-14-30(27(33)29-25(19)35-20)23-13-21(22(15-31)34-23)36-26(32)24(28)16(2)3/h8-12,14,16,20,22-24,31H,4-7,13,15,28H2,1-3H3;8-12,14,16,21-24,31H,4-7,13,15,28H2,1-3H3. The fraction of sp³-hybridized carbons (Fsp3) is 0.519. The Hall–Kier alpha value is -6.02. The molecule has 8 unspecified atom stereocenters. The van der Waals surface area contributed by atoms with Crippen LogP contribution < -0.4 is 22.8 Å². The summed E-state index contributed by atoms with van der Waals surface area (Å²) in [6.07, 6.45) is 8.19. The van der Waals surface area contributed by atoms with Gasteiger partial charge in [0.05, 0.1) is 23.5 Å². The second kappa shape index (κ2) is 24.6. The van der Waals surface area contributed by atoms with Crippen LogP contribution in [0.2, 0.25) is 0 Å². The number of fused-ring (bicyclic) bond motifs is 2. The van der Waals surface area contributed by atoms with E-state index in [9.17, 15) is 29.4 Å². The Bertz CT molecular complexity index is 2850. The summed E-state index contributed by atoms with van der Waals surface area (Å²) in [5.41, 5.74) is 15.4. The largest absolute Gasteiger partial charge is 0.462 e. The monoisotopic (exact) mass is 995 g/mol. The van der Waals surface area contributed by atoms with Gasteiger partial charge >= 0.3 is 23.3 Å². The van der Waals surface area contributed by atoms with Gasteiger partial charge in [0.1, 0.15) is 61.0 Å². The van der Waals surface area contributed by atoms with E-state index in [1.54, 1.807) is 12.4 Å². The minimum atomic E-state index is -0.906. The normalized spacial score (nSPS) is 20.8. The van der Waals surface area contributed by atoms with Crippen molar-refractivity contribution in [2.45, 2.75) is 155 Å². The molecule has 2 fully saturated rings. The van der Waals surface area contributed by atoms with Crippen LogP contribution >= 0.6 is 0 Å². The Kier molecular flexibility index (Phi) is 18.4. The van der Waals surface area contributed by atoms with Crippen LogP contribution in [0.1, 0.15) is 116 Å². The topological polar surface area (TPSA) is 260 Å². The molecular weight excluding hydrogens is 925 g/mol. The second-order valence-corrected chi connectivity index (χ2v) is 19.5. The molecule has 6 heterocycles. The number of hydrogen-bond donors (Lipinski definition) is 4. The number of aromatic nitrogens is 4. The number of aryl methyl sites for hydroxylation is 2. The smallest absolute Gasteiger partial charge is 0.353 e. The molecule has 0 amide bonds. The molecule has 2 aromatic carbocycles. The average molecular weight is 995 g/mol. The Labute approximate surface area is 418 Å². The van der Waals surface area contributed by atoms with Crippen LogP contribution in [0.25, 0.3) is 44.8 Å². The molecule has 8 rings (SSSR count). The zero-order valence-corrected chi connectivity index (χ0v) is 42.1. The maximum Gasteiger partial charge on any atom is 0.353 e. The van der Waals surface area contributed by atoms with Crippen molar-refractivity contribution in [3.63, 3.8) is 0 Å². The maximum atomic E-state index is 12.8. The van der Waals surface area contributed by atoms with E-state index < -0.39 is 72.3 Å². The Morgan fingerprint density at radius 2 is 1.15 bits per heavy atom. The molecule has 0 aliphatic carbocycles. The third-order valence-electron chi connectivity index (χ3n) is 13.3. The highest BCUT2D eigenvalue weighted by Gasteiger charge is 2.40. The van der Waals surface area contributed by atoms with E-state index in [1.807, 2.05) is 64.1 Å². The number of aliphatic hydroxyl groups excluding tert-OH is 2. The van der Waals surface area contributed by atoms with Gasteiger partial charge in [-0.25, -0.2) is 9.59 Å². The van der Waals surface area contributed by atoms with E-state index in [2.05, 4.69) is 48.1 Å². The zero-order chi connectivity index (χ0) is 51.6. The van der Waals surface area contributed by atoms with Gasteiger partial charge in [-0.05, 0) is 60.8 Å². The molecule has 0 bridgehead atoms. The van der Waals surface area contributed by atoms with Crippen molar-refractivity contribution >= 4 is 34.1 Å². The quantitative estimate of drug-likeness (QED) is 0.0438. The van der Waals surface area contributed by atoms with Gasteiger partial charge in [0.25, 0.3) is 0 Å². The van der Waals surface area contributed by atoms with Gasteiger partial charge in [-0.15, -0.1) is 0 Å². The number of nitrogens with two attached hydrogens (primary N) is 2. The number of unbranched alkanes of at least 4 members (excludes halogenated alkanes) is 4. The van der Waals surface area contributed by atoms with E-state index in [0.717, 1.165) is 24.0 Å². The molecule has 18 heteroatoms. The molecule has 2 saturated heterocycles. The van der Waals surface area contributed by atoms with Gasteiger partial charge in [0, 0.05) is 36.4 Å². The molecule has 0 radical (unpaired) electrons. The van der Waals surface area contributed by atoms with Crippen LogP contribution in [-0.4, -0.2) is 91.0 Å². The zero-order valence-electron chi connectivity index (χ0n) is 42.1. The van der Waals surface area contributed by atoms with Crippen LogP contribution in [0.5, 0.6) is 0 Å². The van der Waals surface area contributed by atoms with Crippen molar-refractivity contribution in [1.82, 2.24) is 19.1 Å². The number of furan rings is 2. The summed E-state index contributed by atoms with van der Waals surface area (Å²) in [6, 6.07) is 18.6. The van der Waals surface area contributed by atoms with Crippen LogP contribution in [0, 0.1) is 11.8 Å². The van der Waals surface area contributed by atoms with Crippen molar-refractivity contribution in [2.24, 2.45) is 23.3 Å². The molecule has 0 saturated carbocycles. The number of esters is 2. The van der Waals surface area contributed by atoms with Gasteiger partial charge in [0.15, 0.2) is 0 Å². The summed E-state index contributed by atoms with van der Waals surface area (Å²) in [4.78, 5) is 58.0. The van der Waals surface area contributed by atoms with Crippen molar-refractivity contribution in [3.8, 4) is 22.6 Å². The number of aliphatic hydroxyl groups is 2. The Morgan fingerprint density at radius 1 is 0.694 bits per heavy atom. The summed E-state index contributed by atoms with van der Waals surface area (Å²) in [6.45, 7) is 11.2. The first-order chi connectivity index (χ1) is 34.6. The number of carbonyl (C=O) groups excluding carboxylic acids is 2. The van der Waals surface area contributed by atoms with E-state index in [0.29, 0.717) is 22.3 Å². The second-order valence-electron chi connectivity index (χ2n) is 19.5. The van der Waals surface area contributed by atoms with E-state index in [-0.39, 0.29) is 49.3 Å². The molecule has 18 nitrogen and oxygen atoms in total. The minimum Gasteiger partial charge on any atom is -0.462 e. The first-order valence-corrected chi connectivity index (χ1v) is 25.3. The van der Waals surface area contributed by atoms with Crippen molar-refractivity contribution < 1.29 is 47.6 Å². The van der Waals surface area contributed by atoms with Crippen LogP contribution in [-0.2, 0) is 41.4 Å². The molecular formula is C54H70N6O12. The molecule has 2 aliphatic rings. The van der Waals surface area contributed by atoms with Gasteiger partial charge < -0.3 is 49.5 Å². The predicted molar refractivity (Wildman–Crippen MR) is 270 cm³/mol. The Balaban J connectivity index is 0.000000211. The molecule has 2 aliphatic heterocycles. The van der Waals surface area contributed by atoms with E-state index in [4.69, 9.17) is 39.2 Å².